The summed E-state index contributed by atoms with van der Waals surface area (Å²) in [5.41, 5.74) is 7.57. The van der Waals surface area contributed by atoms with Crippen molar-refractivity contribution in [3.63, 3.8) is 0 Å². The van der Waals surface area contributed by atoms with Gasteiger partial charge in [0.15, 0.2) is 0 Å². The number of aliphatic imine (C=N–C) groups is 1. The van der Waals surface area contributed by atoms with Crippen LogP contribution in [0.3, 0.4) is 0 Å². The maximum absolute atomic E-state index is 5.60. The van der Waals surface area contributed by atoms with Gasteiger partial charge in [-0.05, 0) is 45.4 Å². The molecular formula is C10H14BrIN4. The molecule has 0 aliphatic heterocycles. The van der Waals surface area contributed by atoms with Crippen molar-refractivity contribution in [2.24, 2.45) is 17.8 Å². The summed E-state index contributed by atoms with van der Waals surface area (Å²) in [6, 6.07) is 0. The van der Waals surface area contributed by atoms with Gasteiger partial charge >= 0.3 is 0 Å². The normalized spacial score (nSPS) is 13.2. The molecule has 1 aromatic heterocycles. The number of aromatic nitrogens is 2. The molecule has 88 valence electrons. The summed E-state index contributed by atoms with van der Waals surface area (Å²) in [5, 5.41) is 0. The molecule has 0 atom stereocenters. The van der Waals surface area contributed by atoms with Crippen molar-refractivity contribution in [2.75, 3.05) is 6.54 Å². The molecule has 1 rings (SSSR count). The fourth-order valence-corrected chi connectivity index (χ4v) is 2.18. The van der Waals surface area contributed by atoms with Gasteiger partial charge in [0.1, 0.15) is 8.32 Å². The summed E-state index contributed by atoms with van der Waals surface area (Å²) in [6.07, 6.45) is 4.07. The van der Waals surface area contributed by atoms with Gasteiger partial charge in [0.2, 0.25) is 0 Å². The zero-order valence-electron chi connectivity index (χ0n) is 9.24. The highest BCUT2D eigenvalue weighted by Gasteiger charge is 2.10. The zero-order valence-corrected chi connectivity index (χ0v) is 13.0. The number of rotatable bonds is 4. The number of nitrogens with zero attached hydrogens (tertiary/aromatic N) is 3. The molecule has 0 amide bonds. The van der Waals surface area contributed by atoms with Gasteiger partial charge < -0.3 is 10.3 Å². The van der Waals surface area contributed by atoms with E-state index in [9.17, 15) is 0 Å². The highest BCUT2D eigenvalue weighted by atomic mass is 127. The Morgan fingerprint density at radius 2 is 2.44 bits per heavy atom. The first kappa shape index (κ1) is 13.7. The van der Waals surface area contributed by atoms with Crippen molar-refractivity contribution in [3.8, 4) is 0 Å². The molecule has 16 heavy (non-hydrogen) atoms. The van der Waals surface area contributed by atoms with Crippen LogP contribution in [-0.4, -0.2) is 20.7 Å². The average Bonchev–Trinajstić information content (AvgIpc) is 2.57. The summed E-state index contributed by atoms with van der Waals surface area (Å²) >= 11 is 5.69. The predicted octanol–water partition coefficient (Wildman–Crippen LogP) is 2.22. The van der Waals surface area contributed by atoms with Gasteiger partial charge in [-0.2, -0.15) is 0 Å². The van der Waals surface area contributed by atoms with Gasteiger partial charge in [0.05, 0.1) is 12.0 Å². The van der Waals surface area contributed by atoms with Crippen molar-refractivity contribution in [1.29, 1.82) is 0 Å². The van der Waals surface area contributed by atoms with E-state index in [1.165, 1.54) is 0 Å². The van der Waals surface area contributed by atoms with Crippen LogP contribution < -0.4 is 5.73 Å². The SMILES string of the molecule is CCN=C(Br)C(=CN)Cc1ncn(C)c1I. The minimum Gasteiger partial charge on any atom is -0.404 e. The lowest BCUT2D eigenvalue weighted by Gasteiger charge is -2.03. The molecule has 0 saturated carbocycles. The molecule has 0 aromatic carbocycles. The smallest absolute Gasteiger partial charge is 0.105 e. The second kappa shape index (κ2) is 6.39. The van der Waals surface area contributed by atoms with E-state index in [4.69, 9.17) is 5.73 Å². The minimum absolute atomic E-state index is 0.694. The minimum atomic E-state index is 0.694. The molecule has 0 saturated heterocycles. The van der Waals surface area contributed by atoms with Crippen LogP contribution in [0.4, 0.5) is 0 Å². The maximum atomic E-state index is 5.60. The van der Waals surface area contributed by atoms with E-state index in [1.807, 2.05) is 18.5 Å². The van der Waals surface area contributed by atoms with Gasteiger partial charge in [-0.1, -0.05) is 0 Å². The van der Waals surface area contributed by atoms with Gasteiger partial charge in [-0.15, -0.1) is 0 Å². The fraction of sp³-hybridized carbons (Fsp3) is 0.400. The number of aryl methyl sites for hydroxylation is 1. The van der Waals surface area contributed by atoms with E-state index < -0.39 is 0 Å². The van der Waals surface area contributed by atoms with Gasteiger partial charge in [-0.25, -0.2) is 4.98 Å². The van der Waals surface area contributed by atoms with Crippen LogP contribution in [-0.2, 0) is 13.5 Å². The van der Waals surface area contributed by atoms with E-state index in [1.54, 1.807) is 12.5 Å². The Balaban J connectivity index is 2.87. The standard InChI is InChI=1S/C10H14BrIN4/c1-3-14-9(11)7(5-13)4-8-10(12)16(2)6-15-8/h5-6H,3-4,13H2,1-2H3. The Kier molecular flexibility index (Phi) is 5.47. The third kappa shape index (κ3) is 3.31. The molecule has 0 bridgehead atoms. The molecule has 0 aliphatic carbocycles. The lowest BCUT2D eigenvalue weighted by molar-refractivity contribution is 0.885. The van der Waals surface area contributed by atoms with Crippen LogP contribution in [0, 0.1) is 3.70 Å². The summed E-state index contributed by atoms with van der Waals surface area (Å²) in [4.78, 5) is 8.61. The van der Waals surface area contributed by atoms with E-state index in [-0.39, 0.29) is 0 Å². The predicted molar refractivity (Wildman–Crippen MR) is 78.8 cm³/mol. The van der Waals surface area contributed by atoms with E-state index in [2.05, 4.69) is 48.5 Å². The van der Waals surface area contributed by atoms with Crippen molar-refractivity contribution in [3.05, 3.63) is 27.5 Å². The van der Waals surface area contributed by atoms with E-state index in [0.29, 0.717) is 6.42 Å². The third-order valence-electron chi connectivity index (χ3n) is 2.06. The van der Waals surface area contributed by atoms with Crippen LogP contribution >= 0.6 is 38.5 Å². The van der Waals surface area contributed by atoms with Gasteiger partial charge in [0.25, 0.3) is 0 Å². The molecule has 4 nitrogen and oxygen atoms in total. The van der Waals surface area contributed by atoms with E-state index >= 15 is 0 Å². The molecule has 0 spiro atoms. The Hall–Kier alpha value is -0.370. The zero-order chi connectivity index (χ0) is 12.1. The first-order valence-corrected chi connectivity index (χ1v) is 6.74. The van der Waals surface area contributed by atoms with Crippen LogP contribution in [0.5, 0.6) is 0 Å². The van der Waals surface area contributed by atoms with Crippen LogP contribution in [0.1, 0.15) is 12.6 Å². The summed E-state index contributed by atoms with van der Waals surface area (Å²) in [7, 11) is 1.97. The Morgan fingerprint density at radius 1 is 1.75 bits per heavy atom. The third-order valence-corrected chi connectivity index (χ3v) is 4.20. The Labute approximate surface area is 117 Å². The molecule has 0 unspecified atom stereocenters. The number of allylic oxidation sites excluding steroid dienone is 1. The van der Waals surface area contributed by atoms with Crippen LogP contribution in [0.15, 0.2) is 23.1 Å². The largest absolute Gasteiger partial charge is 0.404 e. The number of hydrogen-bond donors (Lipinski definition) is 1. The lowest BCUT2D eigenvalue weighted by atomic mass is 10.2. The van der Waals surface area contributed by atoms with Crippen molar-refractivity contribution in [1.82, 2.24) is 9.55 Å². The first-order valence-electron chi connectivity index (χ1n) is 4.86. The summed E-state index contributed by atoms with van der Waals surface area (Å²) in [5.74, 6) is 0. The first-order chi connectivity index (χ1) is 7.60. The molecule has 1 aromatic rings. The molecule has 0 aliphatic rings. The Bertz CT molecular complexity index is 422. The maximum Gasteiger partial charge on any atom is 0.105 e. The van der Waals surface area contributed by atoms with Crippen LogP contribution in [0.25, 0.3) is 0 Å². The fourth-order valence-electron chi connectivity index (χ4n) is 1.20. The second-order valence-electron chi connectivity index (χ2n) is 3.23. The van der Waals surface area contributed by atoms with E-state index in [0.717, 1.165) is 26.1 Å². The topological polar surface area (TPSA) is 56.2 Å². The number of imidazole rings is 1. The molecule has 0 fully saturated rings. The average molecular weight is 397 g/mol. The number of hydrogen-bond acceptors (Lipinski definition) is 3. The molecule has 1 heterocycles. The highest BCUT2D eigenvalue weighted by molar-refractivity contribution is 14.1. The number of nitrogens with two attached hydrogens (primary N) is 1. The molecule has 6 heteroatoms. The van der Waals surface area contributed by atoms with Gasteiger partial charge in [-0.3, -0.25) is 4.99 Å². The second-order valence-corrected chi connectivity index (χ2v) is 5.00. The van der Waals surface area contributed by atoms with Crippen molar-refractivity contribution < 1.29 is 0 Å². The van der Waals surface area contributed by atoms with Gasteiger partial charge in [0, 0.05) is 31.8 Å². The summed E-state index contributed by atoms with van der Waals surface area (Å²) in [6.45, 7) is 2.72. The van der Waals surface area contributed by atoms with Crippen LogP contribution in [0.2, 0.25) is 0 Å². The van der Waals surface area contributed by atoms with Crippen molar-refractivity contribution in [2.45, 2.75) is 13.3 Å². The highest BCUT2D eigenvalue weighted by Crippen LogP contribution is 2.16. The number of halogens is 2. The van der Waals surface area contributed by atoms with Crippen molar-refractivity contribution >= 4 is 43.1 Å². The molecule has 0 radical (unpaired) electrons. The lowest BCUT2D eigenvalue weighted by Crippen LogP contribution is -2.04. The summed E-state index contributed by atoms with van der Waals surface area (Å²) < 4.78 is 3.90. The Morgan fingerprint density at radius 3 is 2.88 bits per heavy atom. The quantitative estimate of drug-likeness (QED) is 0.626. The molecular weight excluding hydrogens is 383 g/mol. The molecule has 2 N–H and O–H groups in total. The monoisotopic (exact) mass is 396 g/mol.